The molecule has 4 nitrogen and oxygen atoms in total. The molecule has 0 spiro atoms. The largest absolute Gasteiger partial charge is 0.272 e. The third kappa shape index (κ3) is 9.76. The predicted molar refractivity (Wildman–Crippen MR) is 157 cm³/mol. The molecule has 0 aliphatic carbocycles. The van der Waals surface area contributed by atoms with Crippen molar-refractivity contribution in [1.29, 1.82) is 0 Å². The fourth-order valence-corrected chi connectivity index (χ4v) is 8.58. The lowest BCUT2D eigenvalue weighted by Crippen LogP contribution is -2.48. The molecule has 2 saturated heterocycles. The van der Waals surface area contributed by atoms with Crippen molar-refractivity contribution in [3.05, 3.63) is 0 Å². The predicted octanol–water partition coefficient (Wildman–Crippen LogP) is 6.14. The molecule has 2 aliphatic heterocycles. The van der Waals surface area contributed by atoms with E-state index in [9.17, 15) is 0 Å². The number of rotatable bonds is 12. The van der Waals surface area contributed by atoms with E-state index in [1.54, 1.807) is 0 Å². The number of hydrogen-bond acceptors (Lipinski definition) is 4. The van der Waals surface area contributed by atoms with E-state index in [1.807, 2.05) is 0 Å². The molecule has 0 aromatic carbocycles. The van der Waals surface area contributed by atoms with Crippen LogP contribution in [0.3, 0.4) is 0 Å². The van der Waals surface area contributed by atoms with Crippen molar-refractivity contribution in [2.75, 3.05) is 39.5 Å². The third-order valence-electron chi connectivity index (χ3n) is 7.09. The van der Waals surface area contributed by atoms with Gasteiger partial charge in [-0.15, -0.1) is 0 Å². The molecule has 2 rings (SSSR count). The zero-order valence-electron chi connectivity index (χ0n) is 24.0. The van der Waals surface area contributed by atoms with Gasteiger partial charge < -0.3 is 0 Å². The normalized spacial score (nSPS) is 25.1. The summed E-state index contributed by atoms with van der Waals surface area (Å²) in [5.41, 5.74) is 0. The molecule has 0 unspecified atom stereocenters. The fourth-order valence-electron chi connectivity index (χ4n) is 4.75. The van der Waals surface area contributed by atoms with E-state index < -0.39 is 32.3 Å². The van der Waals surface area contributed by atoms with Gasteiger partial charge in [0.25, 0.3) is 0 Å². The Hall–Kier alpha value is 0.708. The molecule has 2 fully saturated rings. The summed E-state index contributed by atoms with van der Waals surface area (Å²) < 4.78 is 0. The minimum atomic E-state index is -1.04. The van der Waals surface area contributed by atoms with Crippen LogP contribution in [0.1, 0.15) is 0 Å². The molecule has 0 saturated carbocycles. The van der Waals surface area contributed by atoms with Crippen molar-refractivity contribution in [3.63, 3.8) is 0 Å². The first-order valence-corrected chi connectivity index (χ1v) is 28.1. The van der Waals surface area contributed by atoms with Gasteiger partial charge in [0, 0.05) is 32.3 Å². The van der Waals surface area contributed by atoms with Gasteiger partial charge in [-0.3, -0.25) is 19.6 Å². The summed E-state index contributed by atoms with van der Waals surface area (Å²) in [5.74, 6) is 0. The minimum absolute atomic E-state index is 0.617. The Kier molecular flexibility index (Phi) is 9.73. The molecular weight excluding hydrogens is 457 g/mol. The van der Waals surface area contributed by atoms with Gasteiger partial charge in [-0.2, -0.15) is 0 Å². The number of nitrogens with zero attached hydrogens (tertiary/aromatic N) is 4. The van der Waals surface area contributed by atoms with E-state index in [2.05, 4.69) is 98.2 Å². The molecule has 0 aromatic rings. The third-order valence-corrected chi connectivity index (χ3v) is 14.0. The highest BCUT2D eigenvalue weighted by Crippen LogP contribution is 2.35. The van der Waals surface area contributed by atoms with Crippen LogP contribution in [-0.4, -0.2) is 104 Å². The zero-order chi connectivity index (χ0) is 24.5. The molecule has 32 heavy (non-hydrogen) atoms. The first-order chi connectivity index (χ1) is 14.3. The van der Waals surface area contributed by atoms with Gasteiger partial charge in [-0.05, 0) is 50.4 Å². The monoisotopic (exact) mass is 514 g/mol. The maximum absolute atomic E-state index is 2.89. The van der Waals surface area contributed by atoms with E-state index in [1.165, 1.54) is 63.7 Å². The molecule has 0 atom stereocenters. The number of fused-ring (bicyclic) bond motifs is 1. The van der Waals surface area contributed by atoms with Crippen molar-refractivity contribution in [2.24, 2.45) is 0 Å². The Balaban J connectivity index is 2.26. The smallest absolute Gasteiger partial charge is 0.0942 e. The first-order valence-electron chi connectivity index (χ1n) is 13.3. The Morgan fingerprint density at radius 2 is 0.594 bits per heavy atom. The highest BCUT2D eigenvalue weighted by Gasteiger charge is 2.51. The topological polar surface area (TPSA) is 13.0 Å². The minimum Gasteiger partial charge on any atom is -0.272 e. The van der Waals surface area contributed by atoms with E-state index in [0.29, 0.717) is 12.3 Å². The van der Waals surface area contributed by atoms with Crippen LogP contribution in [-0.2, 0) is 0 Å². The molecule has 8 heteroatoms. The van der Waals surface area contributed by atoms with Crippen molar-refractivity contribution < 1.29 is 0 Å². The van der Waals surface area contributed by atoms with Gasteiger partial charge in [-0.25, -0.2) is 0 Å². The summed E-state index contributed by atoms with van der Waals surface area (Å²) in [5, 5.41) is 0. The second-order valence-corrected chi connectivity index (χ2v) is 38.1. The van der Waals surface area contributed by atoms with Gasteiger partial charge in [0.2, 0.25) is 0 Å². The van der Waals surface area contributed by atoms with Gasteiger partial charge in [-0.1, -0.05) is 78.6 Å². The van der Waals surface area contributed by atoms with Gasteiger partial charge in [0.1, 0.15) is 0 Å². The standard InChI is InChI=1S/C24H58N4Si4/c1-29(2,3)17-13-25-21-26(14-18-30(4,5)6)24-23(25)27(15-19-31(7,8)9)22-28(24)16-20-32(10,11)12/h23-24H,13-22H2,1-12H3. The Morgan fingerprint density at radius 1 is 0.406 bits per heavy atom. The zero-order valence-corrected chi connectivity index (χ0v) is 28.0. The Labute approximate surface area is 206 Å². The molecule has 0 N–H and O–H groups in total. The lowest BCUT2D eigenvalue weighted by atomic mass is 10.3. The van der Waals surface area contributed by atoms with Crippen molar-refractivity contribution in [2.45, 2.75) is 115 Å². The van der Waals surface area contributed by atoms with Gasteiger partial charge in [0.05, 0.1) is 25.7 Å². The lowest BCUT2D eigenvalue weighted by Gasteiger charge is -2.33. The fraction of sp³-hybridized carbons (Fsp3) is 1.00. The Bertz CT molecular complexity index is 489. The van der Waals surface area contributed by atoms with Crippen LogP contribution in [0.25, 0.3) is 0 Å². The van der Waals surface area contributed by atoms with Crippen LogP contribution in [0.15, 0.2) is 0 Å². The lowest BCUT2D eigenvalue weighted by molar-refractivity contribution is 0.0928. The van der Waals surface area contributed by atoms with Gasteiger partial charge >= 0.3 is 0 Å². The molecule has 2 aliphatic rings. The summed E-state index contributed by atoms with van der Waals surface area (Å²) in [6.07, 6.45) is 1.23. The van der Waals surface area contributed by atoms with Crippen LogP contribution in [0, 0.1) is 0 Å². The summed E-state index contributed by atoms with van der Waals surface area (Å²) in [7, 11) is -4.16. The average Bonchev–Trinajstić information content (AvgIpc) is 3.10. The molecule has 190 valence electrons. The summed E-state index contributed by atoms with van der Waals surface area (Å²) >= 11 is 0. The average molecular weight is 515 g/mol. The van der Waals surface area contributed by atoms with Crippen molar-refractivity contribution in [1.82, 2.24) is 19.6 Å². The van der Waals surface area contributed by atoms with Crippen LogP contribution in [0.4, 0.5) is 0 Å². The first kappa shape index (κ1) is 28.9. The van der Waals surface area contributed by atoms with Crippen LogP contribution in [0.2, 0.25) is 103 Å². The van der Waals surface area contributed by atoms with Crippen molar-refractivity contribution >= 4 is 32.3 Å². The summed E-state index contributed by atoms with van der Waals surface area (Å²) in [4.78, 5) is 11.6. The van der Waals surface area contributed by atoms with E-state index in [0.717, 1.165) is 0 Å². The highest BCUT2D eigenvalue weighted by atomic mass is 28.3. The molecule has 0 radical (unpaired) electrons. The molecule has 2 heterocycles. The molecule has 0 amide bonds. The van der Waals surface area contributed by atoms with Crippen LogP contribution in [0.5, 0.6) is 0 Å². The van der Waals surface area contributed by atoms with Crippen LogP contribution < -0.4 is 0 Å². The second kappa shape index (κ2) is 10.8. The van der Waals surface area contributed by atoms with E-state index in [4.69, 9.17) is 0 Å². The maximum Gasteiger partial charge on any atom is 0.0942 e. The van der Waals surface area contributed by atoms with E-state index >= 15 is 0 Å². The van der Waals surface area contributed by atoms with Crippen LogP contribution >= 0.6 is 0 Å². The SMILES string of the molecule is C[Si](C)(C)CCN1CN(CC[Si](C)(C)C)C2C1N(CC[Si](C)(C)C)CN2CC[Si](C)(C)C. The van der Waals surface area contributed by atoms with Crippen molar-refractivity contribution in [3.8, 4) is 0 Å². The quantitative estimate of drug-likeness (QED) is 0.290. The number of hydrogen-bond donors (Lipinski definition) is 0. The second-order valence-electron chi connectivity index (χ2n) is 15.6. The maximum atomic E-state index is 2.89. The summed E-state index contributed by atoms with van der Waals surface area (Å²) in [6, 6.07) is 5.70. The summed E-state index contributed by atoms with van der Waals surface area (Å²) in [6.45, 7) is 38.1. The molecular formula is C24H58N4Si4. The molecule has 0 aromatic heterocycles. The molecule has 0 bridgehead atoms. The van der Waals surface area contributed by atoms with Gasteiger partial charge in [0.15, 0.2) is 0 Å². The van der Waals surface area contributed by atoms with E-state index in [-0.39, 0.29) is 0 Å². The Morgan fingerprint density at radius 3 is 0.750 bits per heavy atom. The highest BCUT2D eigenvalue weighted by molar-refractivity contribution is 6.77.